The van der Waals surface area contributed by atoms with Gasteiger partial charge < -0.3 is 21.3 Å². The molecule has 0 unspecified atom stereocenters. The Morgan fingerprint density at radius 3 is 2.65 bits per heavy atom. The van der Waals surface area contributed by atoms with Gasteiger partial charge in [-0.1, -0.05) is 23.7 Å². The number of benzene rings is 1. The van der Waals surface area contributed by atoms with E-state index in [-0.39, 0.29) is 16.5 Å². The Bertz CT molecular complexity index is 588. The molecule has 0 atom stereocenters. The lowest BCUT2D eigenvalue weighted by Crippen LogP contribution is -2.14. The second-order valence-electron chi connectivity index (χ2n) is 4.51. The highest BCUT2D eigenvalue weighted by molar-refractivity contribution is 6.31. The van der Waals surface area contributed by atoms with E-state index in [1.165, 1.54) is 5.56 Å². The molecule has 0 amide bonds. The van der Waals surface area contributed by atoms with E-state index in [2.05, 4.69) is 0 Å². The normalized spacial score (nSPS) is 16.6. The van der Waals surface area contributed by atoms with Crippen molar-refractivity contribution in [3.63, 3.8) is 0 Å². The standard InChI is InChI=1S/C14H15ClN2O3/c15-13(17)12(14(18)19)11(7-16)20-10-3-1-2-9(6-10)8-4-5-8/h1-3,6-8H,4-5,16-17H2,(H,18,19)/b11-7+,13-12+. The minimum absolute atomic E-state index is 0.0852. The zero-order chi connectivity index (χ0) is 14.7. The summed E-state index contributed by atoms with van der Waals surface area (Å²) < 4.78 is 5.50. The molecule has 5 N–H and O–H groups in total. The second kappa shape index (κ2) is 5.88. The van der Waals surface area contributed by atoms with Crippen molar-refractivity contribution in [2.45, 2.75) is 18.8 Å². The quantitative estimate of drug-likeness (QED) is 0.335. The van der Waals surface area contributed by atoms with E-state index in [1.54, 1.807) is 6.07 Å². The maximum Gasteiger partial charge on any atom is 0.342 e. The Morgan fingerprint density at radius 2 is 2.15 bits per heavy atom. The highest BCUT2D eigenvalue weighted by atomic mass is 35.5. The van der Waals surface area contributed by atoms with Crippen LogP contribution in [0.5, 0.6) is 5.75 Å². The Hall–Kier alpha value is -2.14. The molecule has 0 bridgehead atoms. The molecule has 0 spiro atoms. The lowest BCUT2D eigenvalue weighted by Gasteiger charge is -2.11. The second-order valence-corrected chi connectivity index (χ2v) is 4.92. The zero-order valence-corrected chi connectivity index (χ0v) is 11.4. The fourth-order valence-corrected chi connectivity index (χ4v) is 2.04. The number of hydrogen-bond acceptors (Lipinski definition) is 4. The van der Waals surface area contributed by atoms with E-state index in [1.807, 2.05) is 18.2 Å². The van der Waals surface area contributed by atoms with Crippen molar-refractivity contribution in [2.75, 3.05) is 0 Å². The summed E-state index contributed by atoms with van der Waals surface area (Å²) in [6, 6.07) is 7.45. The van der Waals surface area contributed by atoms with Crippen LogP contribution in [-0.2, 0) is 4.79 Å². The molecular formula is C14H15ClN2O3. The van der Waals surface area contributed by atoms with E-state index in [4.69, 9.17) is 32.9 Å². The topological polar surface area (TPSA) is 98.6 Å². The highest BCUT2D eigenvalue weighted by Gasteiger charge is 2.24. The molecule has 0 radical (unpaired) electrons. The Labute approximate surface area is 121 Å². The van der Waals surface area contributed by atoms with Gasteiger partial charge in [0.1, 0.15) is 16.5 Å². The first-order valence-corrected chi connectivity index (χ1v) is 6.49. The predicted octanol–water partition coefficient (Wildman–Crippen LogP) is 2.24. The van der Waals surface area contributed by atoms with Gasteiger partial charge >= 0.3 is 5.97 Å². The van der Waals surface area contributed by atoms with Crippen molar-refractivity contribution < 1.29 is 14.6 Å². The van der Waals surface area contributed by atoms with Crippen LogP contribution < -0.4 is 16.2 Å². The van der Waals surface area contributed by atoms with Crippen molar-refractivity contribution in [3.05, 3.63) is 52.5 Å². The molecule has 1 fully saturated rings. The number of carbonyl (C=O) groups is 1. The Morgan fingerprint density at radius 1 is 1.45 bits per heavy atom. The average Bonchev–Trinajstić information content (AvgIpc) is 3.21. The summed E-state index contributed by atoms with van der Waals surface area (Å²) >= 11 is 5.57. The fraction of sp³-hybridized carbons (Fsp3) is 0.214. The molecule has 2 rings (SSSR count). The van der Waals surface area contributed by atoms with Gasteiger partial charge in [0.05, 0.1) is 0 Å². The number of nitrogens with two attached hydrogens (primary N) is 2. The molecule has 0 aromatic heterocycles. The van der Waals surface area contributed by atoms with Gasteiger partial charge in [-0.3, -0.25) is 0 Å². The molecule has 20 heavy (non-hydrogen) atoms. The third-order valence-electron chi connectivity index (χ3n) is 2.99. The van der Waals surface area contributed by atoms with Gasteiger partial charge in [0.2, 0.25) is 0 Å². The molecule has 0 heterocycles. The van der Waals surface area contributed by atoms with Crippen molar-refractivity contribution in [2.24, 2.45) is 11.5 Å². The van der Waals surface area contributed by atoms with Gasteiger partial charge in [-0.25, -0.2) is 4.79 Å². The molecule has 1 saturated carbocycles. The molecule has 1 aliphatic rings. The van der Waals surface area contributed by atoms with Crippen molar-refractivity contribution >= 4 is 17.6 Å². The Kier molecular flexibility index (Phi) is 4.20. The van der Waals surface area contributed by atoms with Crippen LogP contribution in [0.3, 0.4) is 0 Å². The molecule has 106 valence electrons. The maximum absolute atomic E-state index is 11.1. The summed E-state index contributed by atoms with van der Waals surface area (Å²) in [7, 11) is 0. The Balaban J connectivity index is 2.24. The molecule has 1 aromatic carbocycles. The van der Waals surface area contributed by atoms with Gasteiger partial charge in [0.15, 0.2) is 5.76 Å². The van der Waals surface area contributed by atoms with Gasteiger partial charge in [-0.15, -0.1) is 0 Å². The molecule has 6 heteroatoms. The monoisotopic (exact) mass is 294 g/mol. The first kappa shape index (κ1) is 14.3. The van der Waals surface area contributed by atoms with Crippen molar-refractivity contribution in [3.8, 4) is 5.75 Å². The largest absolute Gasteiger partial charge is 0.477 e. The number of carboxylic acids is 1. The number of hydrogen-bond donors (Lipinski definition) is 3. The van der Waals surface area contributed by atoms with Crippen LogP contribution in [0.2, 0.25) is 0 Å². The first-order valence-electron chi connectivity index (χ1n) is 6.11. The third-order valence-corrected chi connectivity index (χ3v) is 3.17. The van der Waals surface area contributed by atoms with E-state index >= 15 is 0 Å². The highest BCUT2D eigenvalue weighted by Crippen LogP contribution is 2.41. The minimum atomic E-state index is -1.30. The third kappa shape index (κ3) is 3.24. The fourth-order valence-electron chi connectivity index (χ4n) is 1.87. The molecule has 0 aliphatic heterocycles. The zero-order valence-electron chi connectivity index (χ0n) is 10.7. The van der Waals surface area contributed by atoms with Crippen molar-refractivity contribution in [1.82, 2.24) is 0 Å². The lowest BCUT2D eigenvalue weighted by molar-refractivity contribution is -0.132. The summed E-state index contributed by atoms with van der Waals surface area (Å²) in [6.07, 6.45) is 3.36. The minimum Gasteiger partial charge on any atom is -0.477 e. The van der Waals surface area contributed by atoms with Crippen LogP contribution in [0, 0.1) is 0 Å². The van der Waals surface area contributed by atoms with Gasteiger partial charge in [-0.2, -0.15) is 0 Å². The van der Waals surface area contributed by atoms with Gasteiger partial charge in [-0.05, 0) is 36.5 Å². The predicted molar refractivity (Wildman–Crippen MR) is 76.0 cm³/mol. The van der Waals surface area contributed by atoms with Crippen LogP contribution in [0.1, 0.15) is 24.3 Å². The van der Waals surface area contributed by atoms with E-state index in [0.717, 1.165) is 19.0 Å². The summed E-state index contributed by atoms with van der Waals surface area (Å²) in [5.74, 6) is -0.315. The number of halogens is 1. The van der Waals surface area contributed by atoms with Crippen LogP contribution in [0.15, 0.2) is 47.0 Å². The average molecular weight is 295 g/mol. The van der Waals surface area contributed by atoms with Gasteiger partial charge in [0.25, 0.3) is 0 Å². The first-order chi connectivity index (χ1) is 9.52. The summed E-state index contributed by atoms with van der Waals surface area (Å²) in [5, 5.41) is 8.70. The number of rotatable bonds is 5. The van der Waals surface area contributed by atoms with Crippen LogP contribution in [0.25, 0.3) is 0 Å². The number of ether oxygens (including phenoxy) is 1. The van der Waals surface area contributed by atoms with E-state index < -0.39 is 5.97 Å². The van der Waals surface area contributed by atoms with Crippen molar-refractivity contribution in [1.29, 1.82) is 0 Å². The number of aliphatic carboxylic acids is 1. The summed E-state index contributed by atoms with van der Waals surface area (Å²) in [6.45, 7) is 0. The summed E-state index contributed by atoms with van der Waals surface area (Å²) in [5.41, 5.74) is 11.6. The van der Waals surface area contributed by atoms with E-state index in [9.17, 15) is 4.79 Å². The number of carboxylic acid groups (broad SMARTS) is 1. The summed E-state index contributed by atoms with van der Waals surface area (Å²) in [4.78, 5) is 11.1. The van der Waals surface area contributed by atoms with E-state index in [0.29, 0.717) is 11.7 Å². The molecule has 1 aromatic rings. The lowest BCUT2D eigenvalue weighted by atomic mass is 10.1. The SMILES string of the molecule is N/C=C(Oc1cccc(C2CC2)c1)\C(C(=O)O)=C(/N)Cl. The molecular weight excluding hydrogens is 280 g/mol. The van der Waals surface area contributed by atoms with Crippen LogP contribution in [-0.4, -0.2) is 11.1 Å². The van der Waals surface area contributed by atoms with Crippen LogP contribution in [0.4, 0.5) is 0 Å². The maximum atomic E-state index is 11.1. The van der Waals surface area contributed by atoms with Gasteiger partial charge in [0, 0.05) is 6.20 Å². The molecule has 1 aliphatic carbocycles. The smallest absolute Gasteiger partial charge is 0.342 e. The van der Waals surface area contributed by atoms with Crippen LogP contribution >= 0.6 is 11.6 Å². The molecule has 5 nitrogen and oxygen atoms in total. The molecule has 0 saturated heterocycles.